The number of aryl methyl sites for hydroxylation is 2. The zero-order valence-electron chi connectivity index (χ0n) is 20.3. The molecule has 1 aromatic heterocycles. The highest BCUT2D eigenvalue weighted by Gasteiger charge is 2.12. The molecule has 0 aliphatic carbocycles. The van der Waals surface area contributed by atoms with Crippen LogP contribution in [-0.2, 0) is 13.0 Å². The first-order chi connectivity index (χ1) is 17.0. The molecule has 0 aliphatic heterocycles. The molecule has 4 rings (SSSR count). The number of benzene rings is 3. The molecule has 6 heteroatoms. The van der Waals surface area contributed by atoms with Crippen LogP contribution in [0.5, 0.6) is 5.75 Å². The lowest BCUT2D eigenvalue weighted by Gasteiger charge is -2.12. The summed E-state index contributed by atoms with van der Waals surface area (Å²) >= 11 is 0. The minimum absolute atomic E-state index is 0.0681. The number of nitrogens with one attached hydrogen (secondary N) is 1. The van der Waals surface area contributed by atoms with Crippen molar-refractivity contribution in [3.63, 3.8) is 0 Å². The second kappa shape index (κ2) is 11.6. The molecule has 0 atom stereocenters. The number of para-hydroxylation sites is 2. The van der Waals surface area contributed by atoms with Gasteiger partial charge in [0, 0.05) is 19.5 Å². The number of fused-ring (bicyclic) bond motifs is 1. The largest absolute Gasteiger partial charge is 0.494 e. The van der Waals surface area contributed by atoms with Gasteiger partial charge in [-0.25, -0.2) is 9.37 Å². The van der Waals surface area contributed by atoms with Gasteiger partial charge in [-0.2, -0.15) is 0 Å². The fourth-order valence-corrected chi connectivity index (χ4v) is 4.12. The molecule has 35 heavy (non-hydrogen) atoms. The predicted molar refractivity (Wildman–Crippen MR) is 137 cm³/mol. The number of rotatable bonds is 11. The third-order valence-corrected chi connectivity index (χ3v) is 6.06. The molecule has 3 aromatic carbocycles. The Morgan fingerprint density at radius 1 is 1.00 bits per heavy atom. The van der Waals surface area contributed by atoms with Gasteiger partial charge in [-0.3, -0.25) is 4.79 Å². The highest BCUT2D eigenvalue weighted by atomic mass is 19.1. The van der Waals surface area contributed by atoms with Crippen molar-refractivity contribution in [3.8, 4) is 5.75 Å². The van der Waals surface area contributed by atoms with Crippen LogP contribution in [0.15, 0.2) is 72.8 Å². The number of imidazole rings is 1. The molecule has 0 saturated carbocycles. The fraction of sp³-hybridized carbons (Fsp3) is 0.310. The normalized spacial score (nSPS) is 11.2. The van der Waals surface area contributed by atoms with Gasteiger partial charge in [0.1, 0.15) is 17.4 Å². The highest BCUT2D eigenvalue weighted by molar-refractivity contribution is 5.94. The van der Waals surface area contributed by atoms with Crippen molar-refractivity contribution in [2.75, 3.05) is 13.2 Å². The Bertz CT molecular complexity index is 1260. The van der Waals surface area contributed by atoms with Crippen LogP contribution in [0.1, 0.15) is 54.4 Å². The average molecular weight is 474 g/mol. The lowest BCUT2D eigenvalue weighted by Crippen LogP contribution is -2.25. The molecule has 0 aliphatic rings. The van der Waals surface area contributed by atoms with Crippen molar-refractivity contribution < 1.29 is 13.9 Å². The lowest BCUT2D eigenvalue weighted by molar-refractivity contribution is 0.0949. The van der Waals surface area contributed by atoms with Crippen LogP contribution >= 0.6 is 0 Å². The Morgan fingerprint density at radius 3 is 2.51 bits per heavy atom. The van der Waals surface area contributed by atoms with Gasteiger partial charge in [0.2, 0.25) is 0 Å². The number of halogens is 1. The molecule has 0 spiro atoms. The summed E-state index contributed by atoms with van der Waals surface area (Å²) in [6.45, 7) is 6.22. The molecule has 0 fully saturated rings. The summed E-state index contributed by atoms with van der Waals surface area (Å²) in [5.41, 5.74) is 3.43. The predicted octanol–water partition coefficient (Wildman–Crippen LogP) is 6.13. The van der Waals surface area contributed by atoms with Crippen molar-refractivity contribution in [3.05, 3.63) is 95.6 Å². The first-order valence-corrected chi connectivity index (χ1v) is 12.2. The third kappa shape index (κ3) is 6.27. The number of carbonyl (C=O) groups is 1. The number of nitrogens with zero attached hydrogens (tertiary/aromatic N) is 2. The van der Waals surface area contributed by atoms with E-state index >= 15 is 0 Å². The van der Waals surface area contributed by atoms with Crippen LogP contribution in [0.25, 0.3) is 11.0 Å². The smallest absolute Gasteiger partial charge is 0.254 e. The molecule has 0 saturated heterocycles. The molecule has 1 amide bonds. The van der Waals surface area contributed by atoms with Gasteiger partial charge in [-0.1, -0.05) is 50.2 Å². The van der Waals surface area contributed by atoms with E-state index in [4.69, 9.17) is 9.72 Å². The zero-order chi connectivity index (χ0) is 24.6. The number of ether oxygens (including phenoxy) is 1. The standard InChI is InChI=1S/C29H32FN3O2/c1-21(2)22-14-16-23(17-15-22)35-20-8-19-33-27-12-6-5-11-26(27)32-28(33)13-7-18-31-29(34)24-9-3-4-10-25(24)30/h3-6,9-12,14-17,21H,7-8,13,18-20H2,1-2H3,(H,31,34). The van der Waals surface area contributed by atoms with Crippen molar-refractivity contribution >= 4 is 16.9 Å². The number of carbonyl (C=O) groups excluding carboxylic acids is 1. The van der Waals surface area contributed by atoms with Crippen molar-refractivity contribution in [2.24, 2.45) is 0 Å². The van der Waals surface area contributed by atoms with Crippen LogP contribution in [0.3, 0.4) is 0 Å². The highest BCUT2D eigenvalue weighted by Crippen LogP contribution is 2.20. The number of aromatic nitrogens is 2. The number of amides is 1. The molecule has 0 unspecified atom stereocenters. The molecule has 1 heterocycles. The van der Waals surface area contributed by atoms with Gasteiger partial charge in [-0.15, -0.1) is 0 Å². The van der Waals surface area contributed by atoms with Gasteiger partial charge in [0.05, 0.1) is 23.2 Å². The van der Waals surface area contributed by atoms with E-state index in [9.17, 15) is 9.18 Å². The van der Waals surface area contributed by atoms with Gasteiger partial charge in [0.25, 0.3) is 5.91 Å². The molecular formula is C29H32FN3O2. The van der Waals surface area contributed by atoms with Crippen LogP contribution in [-0.4, -0.2) is 28.6 Å². The maximum absolute atomic E-state index is 13.8. The minimum Gasteiger partial charge on any atom is -0.494 e. The maximum Gasteiger partial charge on any atom is 0.254 e. The molecule has 4 aromatic rings. The topological polar surface area (TPSA) is 56.1 Å². The van der Waals surface area contributed by atoms with E-state index < -0.39 is 11.7 Å². The van der Waals surface area contributed by atoms with Gasteiger partial charge >= 0.3 is 0 Å². The van der Waals surface area contributed by atoms with Crippen LogP contribution in [0.4, 0.5) is 4.39 Å². The Morgan fingerprint density at radius 2 is 1.74 bits per heavy atom. The summed E-state index contributed by atoms with van der Waals surface area (Å²) in [6.07, 6.45) is 2.27. The number of hydrogen-bond acceptors (Lipinski definition) is 3. The van der Waals surface area contributed by atoms with Crippen molar-refractivity contribution in [2.45, 2.75) is 45.6 Å². The summed E-state index contributed by atoms with van der Waals surface area (Å²) in [5.74, 6) is 1.47. The third-order valence-electron chi connectivity index (χ3n) is 6.06. The molecule has 5 nitrogen and oxygen atoms in total. The fourth-order valence-electron chi connectivity index (χ4n) is 4.12. The van der Waals surface area contributed by atoms with Gasteiger partial charge < -0.3 is 14.6 Å². The minimum atomic E-state index is -0.509. The lowest BCUT2D eigenvalue weighted by atomic mass is 10.0. The second-order valence-corrected chi connectivity index (χ2v) is 8.93. The molecule has 0 bridgehead atoms. The molecule has 0 radical (unpaired) electrons. The maximum atomic E-state index is 13.8. The second-order valence-electron chi connectivity index (χ2n) is 8.93. The Kier molecular flexibility index (Phi) is 8.14. The van der Waals surface area contributed by atoms with Crippen LogP contribution < -0.4 is 10.1 Å². The van der Waals surface area contributed by atoms with E-state index in [1.807, 2.05) is 30.3 Å². The number of hydrogen-bond donors (Lipinski definition) is 1. The van der Waals surface area contributed by atoms with Gasteiger partial charge in [0.15, 0.2) is 0 Å². The van der Waals surface area contributed by atoms with E-state index in [2.05, 4.69) is 41.9 Å². The summed E-state index contributed by atoms with van der Waals surface area (Å²) in [4.78, 5) is 17.1. The summed E-state index contributed by atoms with van der Waals surface area (Å²) < 4.78 is 22.0. The first-order valence-electron chi connectivity index (χ1n) is 12.2. The molecule has 1 N–H and O–H groups in total. The summed E-state index contributed by atoms with van der Waals surface area (Å²) in [5, 5.41) is 2.81. The quantitative estimate of drug-likeness (QED) is 0.267. The first kappa shape index (κ1) is 24.5. The molecule has 182 valence electrons. The Balaban J connectivity index is 1.32. The summed E-state index contributed by atoms with van der Waals surface area (Å²) in [7, 11) is 0. The monoisotopic (exact) mass is 473 g/mol. The van der Waals surface area contributed by atoms with Gasteiger partial charge in [-0.05, 0) is 60.7 Å². The summed E-state index contributed by atoms with van der Waals surface area (Å²) in [6, 6.07) is 22.4. The van der Waals surface area contributed by atoms with E-state index in [1.54, 1.807) is 12.1 Å². The Hall–Kier alpha value is -3.67. The molecular weight excluding hydrogens is 441 g/mol. The average Bonchev–Trinajstić information content (AvgIpc) is 3.22. The Labute approximate surface area is 206 Å². The van der Waals surface area contributed by atoms with Crippen LogP contribution in [0, 0.1) is 5.82 Å². The van der Waals surface area contributed by atoms with E-state index in [0.717, 1.165) is 35.6 Å². The van der Waals surface area contributed by atoms with E-state index in [0.29, 0.717) is 31.9 Å². The van der Waals surface area contributed by atoms with Crippen molar-refractivity contribution in [1.29, 1.82) is 0 Å². The van der Waals surface area contributed by atoms with Crippen LogP contribution in [0.2, 0.25) is 0 Å². The van der Waals surface area contributed by atoms with Crippen molar-refractivity contribution in [1.82, 2.24) is 14.9 Å². The van der Waals surface area contributed by atoms with E-state index in [1.165, 1.54) is 17.7 Å². The SMILES string of the molecule is CC(C)c1ccc(OCCCn2c(CCCNC(=O)c3ccccc3F)nc3ccccc32)cc1. The van der Waals surface area contributed by atoms with E-state index in [-0.39, 0.29) is 5.56 Å². The zero-order valence-corrected chi connectivity index (χ0v) is 20.3.